The standard InChI is InChI=1S/C13H13ClN2O2/c1-7-4-5-10(6-8(7)2)16-12(14)11(13(17)18)9(3)15-16/h4-6H,1-3H3,(H,17,18). The second kappa shape index (κ2) is 4.46. The number of hydrogen-bond donors (Lipinski definition) is 1. The lowest BCUT2D eigenvalue weighted by Gasteiger charge is -2.06. The summed E-state index contributed by atoms with van der Waals surface area (Å²) in [4.78, 5) is 11.1. The maximum absolute atomic E-state index is 11.1. The summed E-state index contributed by atoms with van der Waals surface area (Å²) in [5.41, 5.74) is 3.49. The van der Waals surface area contributed by atoms with E-state index in [1.165, 1.54) is 4.68 Å². The molecule has 0 fully saturated rings. The van der Waals surface area contributed by atoms with Crippen molar-refractivity contribution in [2.75, 3.05) is 0 Å². The Hall–Kier alpha value is -1.81. The third-order valence-electron chi connectivity index (χ3n) is 2.95. The number of aromatic carboxylic acids is 1. The van der Waals surface area contributed by atoms with Crippen LogP contribution in [-0.4, -0.2) is 20.9 Å². The molecule has 0 saturated carbocycles. The molecule has 0 atom stereocenters. The number of aryl methyl sites for hydroxylation is 3. The zero-order chi connectivity index (χ0) is 13.4. The van der Waals surface area contributed by atoms with E-state index in [9.17, 15) is 4.79 Å². The smallest absolute Gasteiger partial charge is 0.340 e. The highest BCUT2D eigenvalue weighted by molar-refractivity contribution is 6.32. The van der Waals surface area contributed by atoms with E-state index in [0.717, 1.165) is 16.8 Å². The highest BCUT2D eigenvalue weighted by Gasteiger charge is 2.20. The van der Waals surface area contributed by atoms with Crippen molar-refractivity contribution in [2.24, 2.45) is 0 Å². The van der Waals surface area contributed by atoms with Crippen molar-refractivity contribution in [3.8, 4) is 5.69 Å². The summed E-state index contributed by atoms with van der Waals surface area (Å²) in [5.74, 6) is -1.06. The predicted octanol–water partition coefficient (Wildman–Crippen LogP) is 3.15. The van der Waals surface area contributed by atoms with E-state index >= 15 is 0 Å². The Labute approximate surface area is 110 Å². The Kier molecular flexibility index (Phi) is 3.13. The van der Waals surface area contributed by atoms with Crippen molar-refractivity contribution >= 4 is 17.6 Å². The van der Waals surface area contributed by atoms with Gasteiger partial charge in [0.25, 0.3) is 0 Å². The van der Waals surface area contributed by atoms with Gasteiger partial charge in [-0.15, -0.1) is 0 Å². The summed E-state index contributed by atoms with van der Waals surface area (Å²) >= 11 is 6.07. The highest BCUT2D eigenvalue weighted by Crippen LogP contribution is 2.24. The number of aromatic nitrogens is 2. The molecule has 94 valence electrons. The van der Waals surface area contributed by atoms with Crippen LogP contribution in [0.3, 0.4) is 0 Å². The third kappa shape index (κ3) is 1.99. The topological polar surface area (TPSA) is 55.1 Å². The Morgan fingerprint density at radius 1 is 1.28 bits per heavy atom. The van der Waals surface area contributed by atoms with Gasteiger partial charge in [-0.25, -0.2) is 9.48 Å². The molecule has 0 radical (unpaired) electrons. The lowest BCUT2D eigenvalue weighted by molar-refractivity contribution is 0.0696. The number of benzene rings is 1. The zero-order valence-corrected chi connectivity index (χ0v) is 11.1. The average Bonchev–Trinajstić information content (AvgIpc) is 2.58. The highest BCUT2D eigenvalue weighted by atomic mass is 35.5. The minimum Gasteiger partial charge on any atom is -0.478 e. The van der Waals surface area contributed by atoms with Crippen LogP contribution in [0.2, 0.25) is 5.15 Å². The third-order valence-corrected chi connectivity index (χ3v) is 3.30. The fraction of sp³-hybridized carbons (Fsp3) is 0.231. The molecule has 0 aliphatic heterocycles. The number of rotatable bonds is 2. The summed E-state index contributed by atoms with van der Waals surface area (Å²) in [5, 5.41) is 13.4. The second-order valence-electron chi connectivity index (χ2n) is 4.24. The number of halogens is 1. The van der Waals surface area contributed by atoms with Crippen molar-refractivity contribution in [1.82, 2.24) is 9.78 Å². The average molecular weight is 265 g/mol. The molecule has 2 aromatic rings. The van der Waals surface area contributed by atoms with Crippen LogP contribution in [0.4, 0.5) is 0 Å². The first kappa shape index (κ1) is 12.6. The first-order valence-electron chi connectivity index (χ1n) is 5.48. The van der Waals surface area contributed by atoms with Gasteiger partial charge in [0.1, 0.15) is 10.7 Å². The van der Waals surface area contributed by atoms with E-state index in [2.05, 4.69) is 5.10 Å². The molecule has 0 aliphatic carbocycles. The molecule has 5 heteroatoms. The van der Waals surface area contributed by atoms with Crippen LogP contribution < -0.4 is 0 Å². The van der Waals surface area contributed by atoms with Crippen LogP contribution in [0, 0.1) is 20.8 Å². The molecule has 1 aromatic heterocycles. The van der Waals surface area contributed by atoms with Gasteiger partial charge in [-0.1, -0.05) is 17.7 Å². The number of nitrogens with zero attached hydrogens (tertiary/aromatic N) is 2. The summed E-state index contributed by atoms with van der Waals surface area (Å²) in [6.45, 7) is 5.63. The molecule has 18 heavy (non-hydrogen) atoms. The maximum atomic E-state index is 11.1. The van der Waals surface area contributed by atoms with Crippen molar-refractivity contribution in [3.63, 3.8) is 0 Å². The number of carboxylic acids is 1. The molecule has 0 bridgehead atoms. The molecule has 1 N–H and O–H groups in total. The Balaban J connectivity index is 2.61. The molecule has 0 unspecified atom stereocenters. The summed E-state index contributed by atoms with van der Waals surface area (Å²) in [7, 11) is 0. The first-order chi connectivity index (χ1) is 8.41. The lowest BCUT2D eigenvalue weighted by Crippen LogP contribution is -2.00. The van der Waals surface area contributed by atoms with Crippen LogP contribution in [0.5, 0.6) is 0 Å². The van der Waals surface area contributed by atoms with Crippen LogP contribution in [0.25, 0.3) is 5.69 Å². The van der Waals surface area contributed by atoms with Crippen LogP contribution in [-0.2, 0) is 0 Å². The minimum absolute atomic E-state index is 0.0508. The van der Waals surface area contributed by atoms with Crippen molar-refractivity contribution in [2.45, 2.75) is 20.8 Å². The van der Waals surface area contributed by atoms with Gasteiger partial charge in [-0.2, -0.15) is 5.10 Å². The molecule has 0 amide bonds. The second-order valence-corrected chi connectivity index (χ2v) is 4.59. The number of hydrogen-bond acceptors (Lipinski definition) is 2. The van der Waals surface area contributed by atoms with Gasteiger partial charge in [-0.3, -0.25) is 0 Å². The summed E-state index contributed by atoms with van der Waals surface area (Å²) in [6, 6.07) is 5.75. The molecule has 0 saturated heterocycles. The van der Waals surface area contributed by atoms with Gasteiger partial charge >= 0.3 is 5.97 Å². The minimum atomic E-state index is -1.06. The van der Waals surface area contributed by atoms with E-state index in [1.807, 2.05) is 32.0 Å². The maximum Gasteiger partial charge on any atom is 0.340 e. The van der Waals surface area contributed by atoms with E-state index in [4.69, 9.17) is 16.7 Å². The van der Waals surface area contributed by atoms with Crippen molar-refractivity contribution < 1.29 is 9.90 Å². The van der Waals surface area contributed by atoms with Gasteiger partial charge in [0, 0.05) is 0 Å². The summed E-state index contributed by atoms with van der Waals surface area (Å²) in [6.07, 6.45) is 0. The van der Waals surface area contributed by atoms with Gasteiger partial charge in [0.05, 0.1) is 11.4 Å². The van der Waals surface area contributed by atoms with Gasteiger partial charge < -0.3 is 5.11 Å². The predicted molar refractivity (Wildman–Crippen MR) is 69.7 cm³/mol. The van der Waals surface area contributed by atoms with E-state index in [0.29, 0.717) is 5.69 Å². The lowest BCUT2D eigenvalue weighted by atomic mass is 10.1. The van der Waals surface area contributed by atoms with Crippen LogP contribution in [0.1, 0.15) is 27.2 Å². The molecule has 2 rings (SSSR count). The van der Waals surface area contributed by atoms with Crippen LogP contribution >= 0.6 is 11.6 Å². The first-order valence-corrected chi connectivity index (χ1v) is 5.85. The van der Waals surface area contributed by atoms with Crippen LogP contribution in [0.15, 0.2) is 18.2 Å². The van der Waals surface area contributed by atoms with E-state index in [1.54, 1.807) is 6.92 Å². The largest absolute Gasteiger partial charge is 0.478 e. The molecule has 0 spiro atoms. The van der Waals surface area contributed by atoms with E-state index < -0.39 is 5.97 Å². The molecule has 4 nitrogen and oxygen atoms in total. The monoisotopic (exact) mass is 264 g/mol. The zero-order valence-electron chi connectivity index (χ0n) is 10.4. The van der Waals surface area contributed by atoms with Gasteiger partial charge in [0.15, 0.2) is 0 Å². The fourth-order valence-corrected chi connectivity index (χ4v) is 2.12. The number of carbonyl (C=O) groups is 1. The molecular weight excluding hydrogens is 252 g/mol. The summed E-state index contributed by atoms with van der Waals surface area (Å²) < 4.78 is 1.45. The van der Waals surface area contributed by atoms with Gasteiger partial charge in [-0.05, 0) is 44.0 Å². The number of carboxylic acid groups (broad SMARTS) is 1. The Morgan fingerprint density at radius 2 is 1.94 bits per heavy atom. The Morgan fingerprint density at radius 3 is 2.44 bits per heavy atom. The molecule has 1 heterocycles. The fourth-order valence-electron chi connectivity index (χ4n) is 1.77. The van der Waals surface area contributed by atoms with Gasteiger partial charge in [0.2, 0.25) is 0 Å². The molecule has 0 aliphatic rings. The Bertz CT molecular complexity index is 632. The normalized spacial score (nSPS) is 10.7. The van der Waals surface area contributed by atoms with Crippen molar-refractivity contribution in [3.05, 3.63) is 45.7 Å². The van der Waals surface area contributed by atoms with Crippen molar-refractivity contribution in [1.29, 1.82) is 0 Å². The molecular formula is C13H13ClN2O2. The van der Waals surface area contributed by atoms with E-state index in [-0.39, 0.29) is 10.7 Å². The SMILES string of the molecule is Cc1ccc(-n2nc(C)c(C(=O)O)c2Cl)cc1C. The quantitative estimate of drug-likeness (QED) is 0.907. The molecule has 1 aromatic carbocycles.